The molecule has 5 rings (SSSR count). The van der Waals surface area contributed by atoms with Gasteiger partial charge in [-0.1, -0.05) is 42.5 Å². The fourth-order valence-corrected chi connectivity index (χ4v) is 4.19. The minimum atomic E-state index is -0.340. The number of nitrogens with zero attached hydrogens (tertiary/aromatic N) is 2. The Bertz CT molecular complexity index is 988. The molecule has 1 saturated heterocycles. The number of aromatic amines is 1. The largest absolute Gasteiger partial charge is 0.482 e. The lowest BCUT2D eigenvalue weighted by Gasteiger charge is -2.44. The third kappa shape index (κ3) is 2.83. The molecule has 2 aliphatic rings. The van der Waals surface area contributed by atoms with Crippen LogP contribution in [0.15, 0.2) is 73.3 Å². The van der Waals surface area contributed by atoms with E-state index < -0.39 is 0 Å². The number of hydrogen-bond acceptors (Lipinski definition) is 4. The molecule has 1 fully saturated rings. The molecular formula is C23H23N3O2. The van der Waals surface area contributed by atoms with E-state index in [9.17, 15) is 0 Å². The number of fused-ring (bicyclic) bond motifs is 4. The number of hydrogen-bond donors (Lipinski definition) is 1. The van der Waals surface area contributed by atoms with E-state index in [-0.39, 0.29) is 5.60 Å². The first-order valence-electron chi connectivity index (χ1n) is 9.68. The van der Waals surface area contributed by atoms with Crippen molar-refractivity contribution in [2.75, 3.05) is 13.1 Å². The molecule has 142 valence electrons. The zero-order valence-electron chi connectivity index (χ0n) is 15.7. The molecule has 2 aliphatic heterocycles. The summed E-state index contributed by atoms with van der Waals surface area (Å²) in [5.41, 5.74) is 4.12. The van der Waals surface area contributed by atoms with Gasteiger partial charge in [-0.2, -0.15) is 5.10 Å². The van der Waals surface area contributed by atoms with E-state index in [1.165, 1.54) is 0 Å². The van der Waals surface area contributed by atoms with Gasteiger partial charge in [-0.3, -0.25) is 5.10 Å². The van der Waals surface area contributed by atoms with Crippen molar-refractivity contribution in [2.45, 2.75) is 25.0 Å². The van der Waals surface area contributed by atoms with Crippen LogP contribution < -0.4 is 4.74 Å². The summed E-state index contributed by atoms with van der Waals surface area (Å²) in [4.78, 5) is 2.21. The van der Waals surface area contributed by atoms with Gasteiger partial charge in [0.05, 0.1) is 11.9 Å². The molecule has 2 aromatic carbocycles. The molecule has 5 nitrogen and oxygen atoms in total. The maximum Gasteiger partial charge on any atom is 0.182 e. The molecule has 3 aromatic rings. The molecule has 1 spiro atoms. The van der Waals surface area contributed by atoms with Crippen molar-refractivity contribution in [3.8, 4) is 17.0 Å². The first kappa shape index (κ1) is 16.9. The van der Waals surface area contributed by atoms with Crippen LogP contribution in [-0.2, 0) is 16.9 Å². The Labute approximate surface area is 164 Å². The zero-order chi connectivity index (χ0) is 19.0. The molecule has 3 heterocycles. The van der Waals surface area contributed by atoms with E-state index in [1.54, 1.807) is 0 Å². The Kier molecular flexibility index (Phi) is 4.08. The van der Waals surface area contributed by atoms with Crippen molar-refractivity contribution in [2.24, 2.45) is 0 Å². The third-order valence-corrected chi connectivity index (χ3v) is 5.76. The lowest BCUT2D eigenvalue weighted by molar-refractivity contribution is -0.0161. The van der Waals surface area contributed by atoms with Gasteiger partial charge in [-0.05, 0) is 24.3 Å². The first-order chi connectivity index (χ1) is 13.8. The number of likely N-dealkylation sites (tertiary alicyclic amines) is 1. The maximum atomic E-state index is 6.55. The van der Waals surface area contributed by atoms with Gasteiger partial charge < -0.3 is 14.4 Å². The van der Waals surface area contributed by atoms with Gasteiger partial charge in [0.25, 0.3) is 0 Å². The maximum absolute atomic E-state index is 6.55. The van der Waals surface area contributed by atoms with Crippen LogP contribution in [0.2, 0.25) is 0 Å². The standard InChI is InChI=1S/C23H23N3O2/c1-17(27-16-18-7-3-2-4-8-18)26-13-11-23(12-14-26)20-15-24-25-22(20)19-9-5-6-10-21(19)28-23/h2-10,15H,1,11-14,16H2,(H,24,25). The summed E-state index contributed by atoms with van der Waals surface area (Å²) >= 11 is 0. The van der Waals surface area contributed by atoms with E-state index in [2.05, 4.69) is 39.9 Å². The molecule has 0 saturated carbocycles. The van der Waals surface area contributed by atoms with Crippen molar-refractivity contribution in [1.29, 1.82) is 0 Å². The fourth-order valence-electron chi connectivity index (χ4n) is 4.19. The molecule has 0 aliphatic carbocycles. The van der Waals surface area contributed by atoms with Crippen LogP contribution in [0.4, 0.5) is 0 Å². The average molecular weight is 373 g/mol. The van der Waals surface area contributed by atoms with Crippen molar-refractivity contribution < 1.29 is 9.47 Å². The molecule has 1 N–H and O–H groups in total. The lowest BCUT2D eigenvalue weighted by atomic mass is 9.81. The van der Waals surface area contributed by atoms with E-state index in [0.717, 1.165) is 59.9 Å². The Morgan fingerprint density at radius 1 is 1.11 bits per heavy atom. The first-order valence-corrected chi connectivity index (χ1v) is 9.68. The van der Waals surface area contributed by atoms with Gasteiger partial charge in [0, 0.05) is 37.1 Å². The van der Waals surface area contributed by atoms with Gasteiger partial charge in [0.2, 0.25) is 0 Å². The Hall–Kier alpha value is -3.21. The fraction of sp³-hybridized carbons (Fsp3) is 0.261. The van der Waals surface area contributed by atoms with Gasteiger partial charge in [-0.15, -0.1) is 0 Å². The molecule has 0 unspecified atom stereocenters. The molecule has 28 heavy (non-hydrogen) atoms. The van der Waals surface area contributed by atoms with Gasteiger partial charge in [-0.25, -0.2) is 0 Å². The average Bonchev–Trinajstić information content (AvgIpc) is 3.25. The quantitative estimate of drug-likeness (QED) is 0.687. The summed E-state index contributed by atoms with van der Waals surface area (Å²) < 4.78 is 12.5. The van der Waals surface area contributed by atoms with E-state index in [4.69, 9.17) is 9.47 Å². The van der Waals surface area contributed by atoms with Gasteiger partial charge >= 0.3 is 0 Å². The number of ether oxygens (including phenoxy) is 2. The highest BCUT2D eigenvalue weighted by Gasteiger charge is 2.44. The van der Waals surface area contributed by atoms with Crippen LogP contribution in [0.5, 0.6) is 5.75 Å². The Morgan fingerprint density at radius 3 is 2.68 bits per heavy atom. The number of benzene rings is 2. The van der Waals surface area contributed by atoms with E-state index in [1.807, 2.05) is 42.6 Å². The van der Waals surface area contributed by atoms with Crippen molar-refractivity contribution in [1.82, 2.24) is 15.1 Å². The molecular weight excluding hydrogens is 350 g/mol. The Morgan fingerprint density at radius 2 is 1.86 bits per heavy atom. The van der Waals surface area contributed by atoms with Crippen LogP contribution in [0.3, 0.4) is 0 Å². The molecule has 0 radical (unpaired) electrons. The Balaban J connectivity index is 1.29. The SMILES string of the molecule is C=C(OCc1ccccc1)N1CCC2(CC1)Oc1ccccc1-c1[nH]ncc12. The van der Waals surface area contributed by atoms with Crippen molar-refractivity contribution in [3.05, 3.63) is 84.4 Å². The molecule has 5 heteroatoms. The molecule has 0 amide bonds. The lowest BCUT2D eigenvalue weighted by Crippen LogP contribution is -2.46. The molecule has 0 bridgehead atoms. The summed E-state index contributed by atoms with van der Waals surface area (Å²) in [6, 6.07) is 18.3. The van der Waals surface area contributed by atoms with E-state index >= 15 is 0 Å². The number of H-pyrrole nitrogens is 1. The van der Waals surface area contributed by atoms with Gasteiger partial charge in [0.1, 0.15) is 18.0 Å². The van der Waals surface area contributed by atoms with Crippen LogP contribution >= 0.6 is 0 Å². The number of rotatable bonds is 4. The normalized spacial score (nSPS) is 16.8. The molecule has 1 aromatic heterocycles. The molecule has 0 atom stereocenters. The topological polar surface area (TPSA) is 50.4 Å². The minimum absolute atomic E-state index is 0.340. The third-order valence-electron chi connectivity index (χ3n) is 5.76. The second-order valence-corrected chi connectivity index (χ2v) is 7.41. The number of para-hydroxylation sites is 1. The van der Waals surface area contributed by atoms with Crippen LogP contribution in [0, 0.1) is 0 Å². The smallest absolute Gasteiger partial charge is 0.182 e. The highest BCUT2D eigenvalue weighted by Crippen LogP contribution is 2.48. The second-order valence-electron chi connectivity index (χ2n) is 7.41. The highest BCUT2D eigenvalue weighted by molar-refractivity contribution is 5.73. The van der Waals surface area contributed by atoms with Crippen LogP contribution in [0.1, 0.15) is 24.0 Å². The second kappa shape index (κ2) is 6.75. The van der Waals surface area contributed by atoms with Crippen LogP contribution in [-0.4, -0.2) is 28.2 Å². The summed E-state index contributed by atoms with van der Waals surface area (Å²) in [5.74, 6) is 1.65. The predicted molar refractivity (Wildman–Crippen MR) is 108 cm³/mol. The monoisotopic (exact) mass is 373 g/mol. The highest BCUT2D eigenvalue weighted by atomic mass is 16.5. The summed E-state index contributed by atoms with van der Waals surface area (Å²) in [6.45, 7) is 6.35. The van der Waals surface area contributed by atoms with Crippen molar-refractivity contribution >= 4 is 0 Å². The van der Waals surface area contributed by atoms with Gasteiger partial charge in [0.15, 0.2) is 5.88 Å². The van der Waals surface area contributed by atoms with Crippen LogP contribution in [0.25, 0.3) is 11.3 Å². The minimum Gasteiger partial charge on any atom is -0.482 e. The number of piperidine rings is 1. The van der Waals surface area contributed by atoms with E-state index in [0.29, 0.717) is 6.61 Å². The number of nitrogens with one attached hydrogen (secondary N) is 1. The predicted octanol–water partition coefficient (Wildman–Crippen LogP) is 4.45. The number of aromatic nitrogens is 2. The zero-order valence-corrected chi connectivity index (χ0v) is 15.7. The summed E-state index contributed by atoms with van der Waals surface area (Å²) in [5, 5.41) is 7.48. The summed E-state index contributed by atoms with van der Waals surface area (Å²) in [6.07, 6.45) is 3.64. The van der Waals surface area contributed by atoms with Crippen molar-refractivity contribution in [3.63, 3.8) is 0 Å². The summed E-state index contributed by atoms with van der Waals surface area (Å²) in [7, 11) is 0.